The van der Waals surface area contributed by atoms with Gasteiger partial charge in [-0.25, -0.2) is 14.3 Å². The summed E-state index contributed by atoms with van der Waals surface area (Å²) in [6.07, 6.45) is 1.86. The Bertz CT molecular complexity index is 1190. The van der Waals surface area contributed by atoms with Gasteiger partial charge in [0.2, 0.25) is 0 Å². The molecule has 1 aromatic heterocycles. The van der Waals surface area contributed by atoms with Crippen molar-refractivity contribution < 1.29 is 14.3 Å². The zero-order chi connectivity index (χ0) is 22.1. The summed E-state index contributed by atoms with van der Waals surface area (Å²) in [6.45, 7) is 5.73. The van der Waals surface area contributed by atoms with E-state index in [2.05, 4.69) is 16.7 Å². The maximum atomic E-state index is 12.6. The van der Waals surface area contributed by atoms with E-state index in [1.165, 1.54) is 7.11 Å². The number of allylic oxidation sites excluding steroid dienone is 1. The van der Waals surface area contributed by atoms with Crippen LogP contribution in [0.3, 0.4) is 0 Å². The lowest BCUT2D eigenvalue weighted by Crippen LogP contribution is -2.45. The molecule has 0 saturated heterocycles. The Morgan fingerprint density at radius 2 is 1.84 bits per heavy atom. The maximum Gasteiger partial charge on any atom is 0.337 e. The molecule has 3 aromatic rings. The summed E-state index contributed by atoms with van der Waals surface area (Å²) in [5, 5.41) is 10.4. The second kappa shape index (κ2) is 8.10. The number of hydrogen-bond donors (Lipinski definition) is 2. The predicted molar refractivity (Wildman–Crippen MR) is 118 cm³/mol. The third kappa shape index (κ3) is 3.82. The van der Waals surface area contributed by atoms with Crippen LogP contribution < -0.4 is 10.6 Å². The minimum Gasteiger partial charge on any atom is -0.466 e. The van der Waals surface area contributed by atoms with Gasteiger partial charge in [0.1, 0.15) is 0 Å². The predicted octanol–water partition coefficient (Wildman–Crippen LogP) is 3.96. The van der Waals surface area contributed by atoms with Gasteiger partial charge >= 0.3 is 12.0 Å². The molecule has 0 saturated carbocycles. The van der Waals surface area contributed by atoms with Crippen molar-refractivity contribution >= 4 is 12.0 Å². The van der Waals surface area contributed by atoms with Crippen LogP contribution in [0, 0.1) is 13.8 Å². The average Bonchev–Trinajstić information content (AvgIpc) is 3.20. The van der Waals surface area contributed by atoms with Crippen LogP contribution in [0.15, 0.2) is 66.0 Å². The number of rotatable bonds is 4. The molecule has 4 rings (SSSR count). The van der Waals surface area contributed by atoms with Crippen LogP contribution in [0.5, 0.6) is 0 Å². The number of methoxy groups -OCH3 is 1. The minimum atomic E-state index is -0.700. The van der Waals surface area contributed by atoms with Crippen LogP contribution in [0.1, 0.15) is 29.7 Å². The molecule has 1 atom stereocenters. The third-order valence-electron chi connectivity index (χ3n) is 5.40. The highest BCUT2D eigenvalue weighted by Crippen LogP contribution is 2.36. The fourth-order valence-corrected chi connectivity index (χ4v) is 3.82. The highest BCUT2D eigenvalue weighted by atomic mass is 16.5. The fraction of sp³-hybridized carbons (Fsp3) is 0.208. The van der Waals surface area contributed by atoms with Crippen LogP contribution in [0.25, 0.3) is 16.9 Å². The number of nitrogens with zero attached hydrogens (tertiary/aromatic N) is 2. The van der Waals surface area contributed by atoms with E-state index in [0.717, 1.165) is 22.4 Å². The van der Waals surface area contributed by atoms with Gasteiger partial charge < -0.3 is 15.4 Å². The molecule has 2 heterocycles. The summed E-state index contributed by atoms with van der Waals surface area (Å²) in [4.78, 5) is 24.9. The van der Waals surface area contributed by atoms with Gasteiger partial charge in [0.25, 0.3) is 0 Å². The van der Waals surface area contributed by atoms with Crippen molar-refractivity contribution in [3.05, 3.63) is 82.7 Å². The van der Waals surface area contributed by atoms with Gasteiger partial charge in [-0.2, -0.15) is 5.10 Å². The van der Waals surface area contributed by atoms with Gasteiger partial charge in [-0.05, 0) is 44.5 Å². The zero-order valence-electron chi connectivity index (χ0n) is 17.9. The van der Waals surface area contributed by atoms with Crippen LogP contribution in [0.2, 0.25) is 0 Å². The Morgan fingerprint density at radius 1 is 1.10 bits per heavy atom. The largest absolute Gasteiger partial charge is 0.466 e. The van der Waals surface area contributed by atoms with Gasteiger partial charge in [0, 0.05) is 23.0 Å². The molecular weight excluding hydrogens is 392 g/mol. The number of carbonyl (C=O) groups is 2. The molecule has 0 bridgehead atoms. The zero-order valence-corrected chi connectivity index (χ0v) is 17.9. The van der Waals surface area contributed by atoms with E-state index in [9.17, 15) is 9.59 Å². The minimum absolute atomic E-state index is 0.348. The molecule has 2 amide bonds. The first kappa shape index (κ1) is 20.4. The molecule has 2 N–H and O–H groups in total. The first-order valence-corrected chi connectivity index (χ1v) is 9.98. The summed E-state index contributed by atoms with van der Waals surface area (Å²) in [5.41, 5.74) is 6.18. The molecule has 0 unspecified atom stereocenters. The maximum absolute atomic E-state index is 12.6. The summed E-state index contributed by atoms with van der Waals surface area (Å²) >= 11 is 0. The monoisotopic (exact) mass is 416 g/mol. The quantitative estimate of drug-likeness (QED) is 0.631. The number of benzene rings is 2. The lowest BCUT2D eigenvalue weighted by atomic mass is 9.92. The third-order valence-corrected chi connectivity index (χ3v) is 5.40. The van der Waals surface area contributed by atoms with Crippen molar-refractivity contribution in [1.82, 2.24) is 20.4 Å². The molecular formula is C24H24N4O3. The summed E-state index contributed by atoms with van der Waals surface area (Å²) in [6, 6.07) is 14.8. The Balaban J connectivity index is 1.97. The van der Waals surface area contributed by atoms with E-state index in [1.54, 1.807) is 11.6 Å². The average molecular weight is 416 g/mol. The van der Waals surface area contributed by atoms with E-state index in [0.29, 0.717) is 22.5 Å². The number of esters is 1. The second-order valence-electron chi connectivity index (χ2n) is 7.59. The topological polar surface area (TPSA) is 85.2 Å². The Morgan fingerprint density at radius 3 is 2.55 bits per heavy atom. The summed E-state index contributed by atoms with van der Waals surface area (Å²) < 4.78 is 6.78. The highest BCUT2D eigenvalue weighted by molar-refractivity contribution is 5.95. The number of urea groups is 1. The number of aryl methyl sites for hydroxylation is 2. The van der Waals surface area contributed by atoms with E-state index in [-0.39, 0.29) is 6.03 Å². The molecule has 1 aliphatic heterocycles. The smallest absolute Gasteiger partial charge is 0.337 e. The van der Waals surface area contributed by atoms with Gasteiger partial charge in [-0.1, -0.05) is 35.9 Å². The summed E-state index contributed by atoms with van der Waals surface area (Å²) in [5.74, 6) is -0.505. The summed E-state index contributed by atoms with van der Waals surface area (Å²) in [7, 11) is 1.33. The molecule has 0 fully saturated rings. The molecule has 1 aliphatic rings. The van der Waals surface area contributed by atoms with Crippen molar-refractivity contribution in [2.75, 3.05) is 7.11 Å². The van der Waals surface area contributed by atoms with Crippen molar-refractivity contribution in [3.63, 3.8) is 0 Å². The lowest BCUT2D eigenvalue weighted by Gasteiger charge is -2.27. The van der Waals surface area contributed by atoms with Crippen LogP contribution >= 0.6 is 0 Å². The van der Waals surface area contributed by atoms with Crippen molar-refractivity contribution in [2.24, 2.45) is 0 Å². The van der Waals surface area contributed by atoms with Gasteiger partial charge in [-0.3, -0.25) is 0 Å². The van der Waals surface area contributed by atoms with Crippen LogP contribution in [0.4, 0.5) is 4.79 Å². The molecule has 7 heteroatoms. The Kier molecular flexibility index (Phi) is 5.33. The molecule has 158 valence electrons. The van der Waals surface area contributed by atoms with Gasteiger partial charge in [-0.15, -0.1) is 0 Å². The number of carbonyl (C=O) groups excluding carboxylic acids is 2. The number of ether oxygens (including phenoxy) is 1. The van der Waals surface area contributed by atoms with E-state index in [4.69, 9.17) is 9.84 Å². The Hall–Kier alpha value is -3.87. The van der Waals surface area contributed by atoms with E-state index in [1.807, 2.05) is 62.5 Å². The van der Waals surface area contributed by atoms with E-state index < -0.39 is 12.0 Å². The molecule has 0 radical (unpaired) electrons. The Labute approximate surface area is 180 Å². The molecule has 7 nitrogen and oxygen atoms in total. The number of hydrogen-bond acceptors (Lipinski definition) is 4. The molecule has 0 spiro atoms. The number of aromatic nitrogens is 2. The fourth-order valence-electron chi connectivity index (χ4n) is 3.82. The number of amides is 2. The van der Waals surface area contributed by atoms with Gasteiger partial charge in [0.05, 0.1) is 30.1 Å². The van der Waals surface area contributed by atoms with Crippen molar-refractivity contribution in [3.8, 4) is 16.9 Å². The highest BCUT2D eigenvalue weighted by Gasteiger charge is 2.35. The standard InChI is InChI=1S/C24H24N4O3/c1-14-10-11-15(2)18(12-14)21-19(13-28(27-21)17-8-6-5-7-9-17)22-20(23(29)31-4)16(3)25-24(30)26-22/h5-13,22H,1-4H3,(H2,25,26,30)/t22-/m0/s1. The first-order valence-electron chi connectivity index (χ1n) is 9.98. The van der Waals surface area contributed by atoms with Crippen LogP contribution in [-0.2, 0) is 9.53 Å². The second-order valence-corrected chi connectivity index (χ2v) is 7.59. The SMILES string of the molecule is COC(=O)C1=C(C)NC(=O)N[C@H]1c1cn(-c2ccccc2)nc1-c1cc(C)ccc1C. The van der Waals surface area contributed by atoms with Gasteiger partial charge in [0.15, 0.2) is 0 Å². The molecule has 31 heavy (non-hydrogen) atoms. The first-order chi connectivity index (χ1) is 14.9. The molecule has 2 aromatic carbocycles. The normalized spacial score (nSPS) is 16.0. The number of nitrogens with one attached hydrogen (secondary N) is 2. The van der Waals surface area contributed by atoms with Crippen LogP contribution in [-0.4, -0.2) is 28.9 Å². The van der Waals surface area contributed by atoms with E-state index >= 15 is 0 Å². The molecule has 0 aliphatic carbocycles. The number of para-hydroxylation sites is 1. The lowest BCUT2D eigenvalue weighted by molar-refractivity contribution is -0.136. The van der Waals surface area contributed by atoms with Crippen molar-refractivity contribution in [2.45, 2.75) is 26.8 Å². The van der Waals surface area contributed by atoms with Crippen molar-refractivity contribution in [1.29, 1.82) is 0 Å².